The van der Waals surface area contributed by atoms with E-state index in [9.17, 15) is 19.8 Å². The van der Waals surface area contributed by atoms with Gasteiger partial charge in [-0.25, -0.2) is 0 Å². The molecule has 0 heterocycles. The number of benzene rings is 2. The van der Waals surface area contributed by atoms with Gasteiger partial charge in [0.25, 0.3) is 0 Å². The van der Waals surface area contributed by atoms with Crippen molar-refractivity contribution in [2.24, 2.45) is 5.92 Å². The third-order valence-electron chi connectivity index (χ3n) is 4.83. The van der Waals surface area contributed by atoms with Gasteiger partial charge in [0.15, 0.2) is 11.6 Å². The van der Waals surface area contributed by atoms with E-state index in [1.54, 1.807) is 18.2 Å². The minimum atomic E-state index is -1.10. The second-order valence-corrected chi connectivity index (χ2v) is 6.47. The van der Waals surface area contributed by atoms with Gasteiger partial charge in [0.05, 0.1) is 0 Å². The number of hydrogen-bond acceptors (Lipinski definition) is 4. The fourth-order valence-corrected chi connectivity index (χ4v) is 3.82. The van der Waals surface area contributed by atoms with E-state index in [-0.39, 0.29) is 34.4 Å². The van der Waals surface area contributed by atoms with E-state index in [0.717, 1.165) is 12.0 Å². The van der Waals surface area contributed by atoms with Crippen LogP contribution in [0, 0.1) is 5.92 Å². The predicted octanol–water partition coefficient (Wildman–Crippen LogP) is 2.78. The molecule has 2 unspecified atom stereocenters. The fraction of sp³-hybridized carbons (Fsp3) is 0.263. The van der Waals surface area contributed by atoms with Crippen molar-refractivity contribution in [3.05, 3.63) is 63.7 Å². The van der Waals surface area contributed by atoms with Gasteiger partial charge in [-0.15, -0.1) is 0 Å². The Morgan fingerprint density at radius 3 is 2.61 bits per heavy atom. The second-order valence-electron chi connectivity index (χ2n) is 6.47. The molecule has 2 aliphatic rings. The first-order valence-corrected chi connectivity index (χ1v) is 7.72. The van der Waals surface area contributed by atoms with Crippen molar-refractivity contribution in [1.82, 2.24) is 0 Å². The van der Waals surface area contributed by atoms with Crippen molar-refractivity contribution >= 4 is 11.6 Å². The molecule has 0 bridgehead atoms. The minimum Gasteiger partial charge on any atom is -0.508 e. The largest absolute Gasteiger partial charge is 0.508 e. The van der Waals surface area contributed by atoms with Gasteiger partial charge in [0, 0.05) is 28.7 Å². The number of rotatable bonds is 0. The molecule has 2 atom stereocenters. The Bertz CT molecular complexity index is 866. The third-order valence-corrected chi connectivity index (χ3v) is 4.83. The van der Waals surface area contributed by atoms with E-state index in [1.807, 2.05) is 13.0 Å². The Morgan fingerprint density at radius 2 is 1.83 bits per heavy atom. The minimum absolute atomic E-state index is 0.0419. The standard InChI is InChI=1S/C19H16O4/c1-9-7-10-5-6-12-17(15(10)14(21)8-9)19(23)11-3-2-4-13(20)16(11)18(12)22/h2-6,9,18,20,22H,7-8H2,1H3. The normalized spacial score (nSPS) is 22.3. The van der Waals surface area contributed by atoms with Crippen LogP contribution in [0.15, 0.2) is 30.3 Å². The number of aliphatic hydroxyl groups is 1. The summed E-state index contributed by atoms with van der Waals surface area (Å²) in [6, 6.07) is 8.13. The van der Waals surface area contributed by atoms with Crippen LogP contribution in [0.3, 0.4) is 0 Å². The van der Waals surface area contributed by atoms with Crippen molar-refractivity contribution in [2.75, 3.05) is 0 Å². The van der Waals surface area contributed by atoms with E-state index >= 15 is 0 Å². The van der Waals surface area contributed by atoms with Gasteiger partial charge in [-0.1, -0.05) is 31.2 Å². The van der Waals surface area contributed by atoms with Crippen LogP contribution in [-0.2, 0) is 6.42 Å². The van der Waals surface area contributed by atoms with E-state index in [1.165, 1.54) is 6.07 Å². The molecule has 0 saturated heterocycles. The molecule has 2 aromatic carbocycles. The van der Waals surface area contributed by atoms with Crippen LogP contribution in [0.1, 0.15) is 62.4 Å². The molecule has 116 valence electrons. The van der Waals surface area contributed by atoms with Crippen LogP contribution in [0.2, 0.25) is 0 Å². The highest BCUT2D eigenvalue weighted by Gasteiger charge is 2.37. The fourth-order valence-electron chi connectivity index (χ4n) is 3.82. The summed E-state index contributed by atoms with van der Waals surface area (Å²) in [4.78, 5) is 25.4. The number of Topliss-reactive ketones (excluding diaryl/α,β-unsaturated/α-hetero) is 1. The van der Waals surface area contributed by atoms with Gasteiger partial charge >= 0.3 is 0 Å². The lowest BCUT2D eigenvalue weighted by Crippen LogP contribution is -2.27. The summed E-state index contributed by atoms with van der Waals surface area (Å²) in [7, 11) is 0. The molecule has 4 heteroatoms. The number of aromatic hydroxyl groups is 1. The number of fused-ring (bicyclic) bond motifs is 4. The van der Waals surface area contributed by atoms with Crippen LogP contribution < -0.4 is 0 Å². The number of hydrogen-bond donors (Lipinski definition) is 2. The molecule has 0 saturated carbocycles. The van der Waals surface area contributed by atoms with Gasteiger partial charge in [-0.05, 0) is 29.5 Å². The molecule has 0 spiro atoms. The highest BCUT2D eigenvalue weighted by atomic mass is 16.3. The molecule has 0 fully saturated rings. The predicted molar refractivity (Wildman–Crippen MR) is 83.9 cm³/mol. The van der Waals surface area contributed by atoms with Crippen LogP contribution in [0.25, 0.3) is 0 Å². The molecule has 4 rings (SSSR count). The third kappa shape index (κ3) is 1.88. The number of phenolic OH excluding ortho intramolecular Hbond substituents is 1. The molecular weight excluding hydrogens is 292 g/mol. The van der Waals surface area contributed by atoms with Crippen LogP contribution in [-0.4, -0.2) is 21.8 Å². The number of carbonyl (C=O) groups excluding carboxylic acids is 2. The summed E-state index contributed by atoms with van der Waals surface area (Å²) < 4.78 is 0. The summed E-state index contributed by atoms with van der Waals surface area (Å²) in [6.45, 7) is 2.02. The second kappa shape index (κ2) is 4.77. The first-order valence-electron chi connectivity index (χ1n) is 7.72. The molecule has 0 amide bonds. The van der Waals surface area contributed by atoms with Gasteiger partial charge in [-0.2, -0.15) is 0 Å². The summed E-state index contributed by atoms with van der Waals surface area (Å²) >= 11 is 0. The molecule has 2 aliphatic carbocycles. The van der Waals surface area contributed by atoms with Gasteiger partial charge in [0.2, 0.25) is 0 Å². The number of aliphatic hydroxyl groups excluding tert-OH is 1. The lowest BCUT2D eigenvalue weighted by Gasteiger charge is -2.29. The monoisotopic (exact) mass is 308 g/mol. The first-order chi connectivity index (χ1) is 11.0. The maximum absolute atomic E-state index is 12.9. The highest BCUT2D eigenvalue weighted by Crippen LogP contribution is 2.42. The van der Waals surface area contributed by atoms with Crippen molar-refractivity contribution in [1.29, 1.82) is 0 Å². The lowest BCUT2D eigenvalue weighted by atomic mass is 9.74. The Balaban J connectivity index is 2.01. The zero-order valence-electron chi connectivity index (χ0n) is 12.7. The Morgan fingerprint density at radius 1 is 1.04 bits per heavy atom. The van der Waals surface area contributed by atoms with Crippen molar-refractivity contribution in [3.63, 3.8) is 0 Å². The molecule has 0 aromatic heterocycles. The van der Waals surface area contributed by atoms with Crippen molar-refractivity contribution < 1.29 is 19.8 Å². The van der Waals surface area contributed by atoms with Gasteiger partial charge < -0.3 is 10.2 Å². The topological polar surface area (TPSA) is 74.6 Å². The SMILES string of the molecule is CC1CC(=O)c2c(ccc3c2C(=O)c2cccc(O)c2C3O)C1. The smallest absolute Gasteiger partial charge is 0.194 e. The van der Waals surface area contributed by atoms with E-state index < -0.39 is 6.10 Å². The zero-order chi connectivity index (χ0) is 16.3. The van der Waals surface area contributed by atoms with Gasteiger partial charge in [0.1, 0.15) is 11.9 Å². The maximum Gasteiger partial charge on any atom is 0.194 e. The summed E-state index contributed by atoms with van der Waals surface area (Å²) in [5.74, 6) is -0.185. The molecule has 2 aromatic rings. The Labute approximate surface area is 133 Å². The number of phenols is 1. The van der Waals surface area contributed by atoms with Crippen molar-refractivity contribution in [2.45, 2.75) is 25.9 Å². The average molecular weight is 308 g/mol. The van der Waals surface area contributed by atoms with Crippen LogP contribution in [0.4, 0.5) is 0 Å². The summed E-state index contributed by atoms with van der Waals surface area (Å²) in [6.07, 6.45) is 0.0704. The van der Waals surface area contributed by atoms with Crippen LogP contribution >= 0.6 is 0 Å². The maximum atomic E-state index is 12.9. The lowest BCUT2D eigenvalue weighted by molar-refractivity contribution is 0.0935. The van der Waals surface area contributed by atoms with Gasteiger partial charge in [-0.3, -0.25) is 9.59 Å². The van der Waals surface area contributed by atoms with E-state index in [0.29, 0.717) is 23.1 Å². The van der Waals surface area contributed by atoms with Crippen LogP contribution in [0.5, 0.6) is 5.75 Å². The Kier molecular flexibility index (Phi) is 2.93. The quantitative estimate of drug-likeness (QED) is 0.785. The summed E-state index contributed by atoms with van der Waals surface area (Å²) in [5, 5.41) is 20.6. The van der Waals surface area contributed by atoms with E-state index in [2.05, 4.69) is 0 Å². The molecule has 23 heavy (non-hydrogen) atoms. The molecule has 2 N–H and O–H groups in total. The Hall–Kier alpha value is -2.46. The average Bonchev–Trinajstić information content (AvgIpc) is 2.51. The molecule has 0 aliphatic heterocycles. The van der Waals surface area contributed by atoms with Crippen molar-refractivity contribution in [3.8, 4) is 5.75 Å². The van der Waals surface area contributed by atoms with E-state index in [4.69, 9.17) is 0 Å². The highest BCUT2D eigenvalue weighted by molar-refractivity contribution is 6.19. The molecular formula is C19H16O4. The first kappa shape index (κ1) is 14.2. The summed E-state index contributed by atoms with van der Waals surface area (Å²) in [5.41, 5.74) is 2.54. The number of ketones is 2. The molecule has 4 nitrogen and oxygen atoms in total. The number of carbonyl (C=O) groups is 2. The molecule has 0 radical (unpaired) electrons. The zero-order valence-corrected chi connectivity index (χ0v) is 12.7.